The third kappa shape index (κ3) is 2.84. The van der Waals surface area contributed by atoms with Crippen LogP contribution in [-0.2, 0) is 4.74 Å². The zero-order valence-corrected chi connectivity index (χ0v) is 9.38. The van der Waals surface area contributed by atoms with Gasteiger partial charge in [-0.3, -0.25) is 0 Å². The van der Waals surface area contributed by atoms with Crippen molar-refractivity contribution >= 4 is 5.90 Å². The van der Waals surface area contributed by atoms with Crippen LogP contribution in [0.3, 0.4) is 0 Å². The van der Waals surface area contributed by atoms with Gasteiger partial charge in [0, 0.05) is 6.42 Å². The van der Waals surface area contributed by atoms with Crippen LogP contribution in [0.5, 0.6) is 0 Å². The number of hydrazine groups is 1. The number of nitrogens with zero attached hydrogens (tertiary/aromatic N) is 1. The summed E-state index contributed by atoms with van der Waals surface area (Å²) in [5.74, 6) is 0.981. The Kier molecular flexibility index (Phi) is 4.79. The fraction of sp³-hybridized carbons (Fsp3) is 0.857. The second-order valence-corrected chi connectivity index (χ2v) is 2.56. The van der Waals surface area contributed by atoms with E-state index in [1.165, 1.54) is 0 Å². The van der Waals surface area contributed by atoms with Crippen molar-refractivity contribution in [1.29, 1.82) is 0 Å². The second-order valence-electron chi connectivity index (χ2n) is 2.56. The lowest BCUT2D eigenvalue weighted by Gasteiger charge is -1.96. The third-order valence-corrected chi connectivity index (χ3v) is 1.51. The molecule has 0 aromatic rings. The van der Waals surface area contributed by atoms with E-state index in [9.17, 15) is 0 Å². The minimum absolute atomic E-state index is 0. The number of nitrogens with one attached hydrogen (secondary N) is 1. The number of halogens is 1. The van der Waals surface area contributed by atoms with Gasteiger partial charge in [-0.05, 0) is 6.92 Å². The van der Waals surface area contributed by atoms with Gasteiger partial charge in [-0.2, -0.15) is 5.43 Å². The Hall–Kier alpha value is 0. The highest BCUT2D eigenvalue weighted by molar-refractivity contribution is 5.68. The lowest BCUT2D eigenvalue weighted by Crippen LogP contribution is -3.00. The minimum Gasteiger partial charge on any atom is -1.00 e. The summed E-state index contributed by atoms with van der Waals surface area (Å²) in [5, 5.41) is 0. The molecule has 0 saturated heterocycles. The van der Waals surface area contributed by atoms with Crippen molar-refractivity contribution in [3.63, 3.8) is 0 Å². The van der Waals surface area contributed by atoms with E-state index in [4.69, 9.17) is 4.74 Å². The van der Waals surface area contributed by atoms with Gasteiger partial charge in [0.2, 0.25) is 6.23 Å². The van der Waals surface area contributed by atoms with Crippen LogP contribution in [0.25, 0.3) is 0 Å². The van der Waals surface area contributed by atoms with E-state index in [1.54, 1.807) is 0 Å². The van der Waals surface area contributed by atoms with E-state index in [2.05, 4.69) is 12.3 Å². The van der Waals surface area contributed by atoms with Gasteiger partial charge >= 0.3 is 5.90 Å². The molecule has 0 bridgehead atoms. The van der Waals surface area contributed by atoms with Crippen molar-refractivity contribution in [3.05, 3.63) is 0 Å². The summed E-state index contributed by atoms with van der Waals surface area (Å²) >= 11 is 0. The zero-order valence-electron chi connectivity index (χ0n) is 7.22. The first-order valence-corrected chi connectivity index (χ1v) is 3.78. The monoisotopic (exact) mass is 270 g/mol. The topological polar surface area (TPSA) is 24.3 Å². The molecule has 1 aliphatic heterocycles. The van der Waals surface area contributed by atoms with Crippen LogP contribution in [0.15, 0.2) is 0 Å². The number of hydrogen-bond acceptors (Lipinski definition) is 2. The minimum atomic E-state index is 0. The Bertz CT molecular complexity index is 159. The summed E-state index contributed by atoms with van der Waals surface area (Å²) in [7, 11) is 0. The molecule has 0 fully saturated rings. The van der Waals surface area contributed by atoms with Crippen LogP contribution in [0.4, 0.5) is 0 Å². The molecule has 0 aromatic heterocycles. The van der Waals surface area contributed by atoms with E-state index in [1.807, 2.05) is 18.5 Å². The SMILES string of the molecule is CCC[N+]1=C(C)OC(C)N1.[I-]. The van der Waals surface area contributed by atoms with Gasteiger partial charge in [0.1, 0.15) is 0 Å². The Balaban J connectivity index is 0.000001000. The number of rotatable bonds is 2. The first-order chi connectivity index (χ1) is 4.74. The maximum Gasteiger partial charge on any atom is 0.363 e. The molecule has 4 heteroatoms. The molecule has 1 heterocycles. The smallest absolute Gasteiger partial charge is 0.363 e. The molecular weight excluding hydrogens is 255 g/mol. The van der Waals surface area contributed by atoms with Gasteiger partial charge in [-0.1, -0.05) is 11.6 Å². The van der Waals surface area contributed by atoms with Crippen molar-refractivity contribution in [2.45, 2.75) is 33.4 Å². The number of ether oxygens (including phenoxy) is 1. The van der Waals surface area contributed by atoms with Gasteiger partial charge in [0.25, 0.3) is 0 Å². The Morgan fingerprint density at radius 2 is 2.27 bits per heavy atom. The van der Waals surface area contributed by atoms with Gasteiger partial charge in [0.15, 0.2) is 6.54 Å². The zero-order chi connectivity index (χ0) is 7.56. The first-order valence-electron chi connectivity index (χ1n) is 3.78. The van der Waals surface area contributed by atoms with Crippen molar-refractivity contribution in [2.75, 3.05) is 6.54 Å². The predicted molar refractivity (Wildman–Crippen MR) is 39.8 cm³/mol. The molecule has 0 amide bonds. The molecule has 1 atom stereocenters. The van der Waals surface area contributed by atoms with E-state index >= 15 is 0 Å². The average molecular weight is 270 g/mol. The Morgan fingerprint density at radius 3 is 2.64 bits per heavy atom. The fourth-order valence-corrected chi connectivity index (χ4v) is 1.10. The van der Waals surface area contributed by atoms with Crippen LogP contribution in [0.1, 0.15) is 27.2 Å². The molecule has 0 radical (unpaired) electrons. The lowest BCUT2D eigenvalue weighted by molar-refractivity contribution is -0.583. The molecule has 0 aromatic carbocycles. The van der Waals surface area contributed by atoms with Crippen LogP contribution in [0, 0.1) is 0 Å². The summed E-state index contributed by atoms with van der Waals surface area (Å²) in [6.45, 7) is 7.15. The standard InChI is InChI=1S/C7H15N2O.HI/c1-4-5-9-7(3)10-6(2)8-9;/h6,8H,4-5H2,1-3H3;1H/q+1;/p-1. The molecule has 3 nitrogen and oxygen atoms in total. The highest BCUT2D eigenvalue weighted by Gasteiger charge is 2.24. The molecular formula is C7H15IN2O. The number of hydrogen-bond donors (Lipinski definition) is 1. The van der Waals surface area contributed by atoms with E-state index in [-0.39, 0.29) is 30.2 Å². The maximum atomic E-state index is 5.36. The predicted octanol–water partition coefficient (Wildman–Crippen LogP) is -2.29. The van der Waals surface area contributed by atoms with Crippen molar-refractivity contribution in [2.24, 2.45) is 0 Å². The Morgan fingerprint density at radius 1 is 1.64 bits per heavy atom. The molecule has 1 aliphatic rings. The van der Waals surface area contributed by atoms with E-state index in [0.717, 1.165) is 18.9 Å². The Labute approximate surface area is 84.8 Å². The number of hydrazone groups is 1. The molecule has 0 aliphatic carbocycles. The van der Waals surface area contributed by atoms with Gasteiger partial charge < -0.3 is 28.7 Å². The van der Waals surface area contributed by atoms with Crippen molar-refractivity contribution < 1.29 is 33.4 Å². The largest absolute Gasteiger partial charge is 1.00 e. The summed E-state index contributed by atoms with van der Waals surface area (Å²) in [6, 6.07) is 0. The molecule has 1 N–H and O–H groups in total. The molecule has 0 saturated carbocycles. The summed E-state index contributed by atoms with van der Waals surface area (Å²) in [5.41, 5.74) is 3.18. The molecule has 11 heavy (non-hydrogen) atoms. The van der Waals surface area contributed by atoms with E-state index < -0.39 is 0 Å². The average Bonchev–Trinajstić information content (AvgIpc) is 2.13. The fourth-order valence-electron chi connectivity index (χ4n) is 1.10. The molecule has 1 rings (SSSR count). The first kappa shape index (κ1) is 11.0. The molecule has 66 valence electrons. The van der Waals surface area contributed by atoms with Crippen LogP contribution < -0.4 is 29.4 Å². The second kappa shape index (κ2) is 4.79. The maximum absolute atomic E-state index is 5.36. The summed E-state index contributed by atoms with van der Waals surface area (Å²) in [4.78, 5) is 0. The van der Waals surface area contributed by atoms with Crippen molar-refractivity contribution in [1.82, 2.24) is 5.43 Å². The normalized spacial score (nSPS) is 22.3. The molecule has 1 unspecified atom stereocenters. The van der Waals surface area contributed by atoms with Crippen molar-refractivity contribution in [3.8, 4) is 0 Å². The third-order valence-electron chi connectivity index (χ3n) is 1.51. The highest BCUT2D eigenvalue weighted by Crippen LogP contribution is 1.97. The quantitative estimate of drug-likeness (QED) is 0.451. The lowest BCUT2D eigenvalue weighted by atomic mass is 10.5. The summed E-state index contributed by atoms with van der Waals surface area (Å²) < 4.78 is 7.40. The van der Waals surface area contributed by atoms with E-state index in [0.29, 0.717) is 0 Å². The highest BCUT2D eigenvalue weighted by atomic mass is 127. The van der Waals surface area contributed by atoms with Crippen LogP contribution in [0.2, 0.25) is 0 Å². The van der Waals surface area contributed by atoms with Gasteiger partial charge in [-0.15, -0.1) is 0 Å². The van der Waals surface area contributed by atoms with Crippen LogP contribution >= 0.6 is 0 Å². The van der Waals surface area contributed by atoms with Gasteiger partial charge in [0.05, 0.1) is 6.92 Å². The van der Waals surface area contributed by atoms with Crippen LogP contribution in [-0.4, -0.2) is 23.4 Å². The summed E-state index contributed by atoms with van der Waals surface area (Å²) in [6.07, 6.45) is 1.28. The molecule has 0 spiro atoms. The van der Waals surface area contributed by atoms with Gasteiger partial charge in [-0.25, -0.2) is 0 Å².